The Balaban J connectivity index is 1.64. The molecule has 1 aromatic carbocycles. The number of H-pyrrole nitrogens is 1. The molecule has 0 radical (unpaired) electrons. The van der Waals surface area contributed by atoms with E-state index >= 15 is 0 Å². The third kappa shape index (κ3) is 3.09. The predicted molar refractivity (Wildman–Crippen MR) is 78.0 cm³/mol. The number of carbonyl (C=O) groups excluding carboxylic acids is 1. The van der Waals surface area contributed by atoms with E-state index in [0.717, 1.165) is 17.5 Å². The van der Waals surface area contributed by atoms with E-state index in [9.17, 15) is 9.59 Å². The van der Waals surface area contributed by atoms with Crippen molar-refractivity contribution in [1.29, 1.82) is 0 Å². The Kier molecular flexibility index (Phi) is 3.78. The number of amides is 1. The summed E-state index contributed by atoms with van der Waals surface area (Å²) in [5.41, 5.74) is 2.41. The molecule has 2 N–H and O–H groups in total. The van der Waals surface area contributed by atoms with Crippen LogP contribution in [0.2, 0.25) is 0 Å². The van der Waals surface area contributed by atoms with Crippen molar-refractivity contribution in [2.45, 2.75) is 6.54 Å². The Morgan fingerprint density at radius 2 is 2.00 bits per heavy atom. The van der Waals surface area contributed by atoms with Crippen molar-refractivity contribution in [3.63, 3.8) is 0 Å². The van der Waals surface area contributed by atoms with Crippen LogP contribution >= 0.6 is 0 Å². The smallest absolute Gasteiger partial charge is 0.416 e. The van der Waals surface area contributed by atoms with Crippen molar-refractivity contribution in [3.05, 3.63) is 70.9 Å². The van der Waals surface area contributed by atoms with E-state index in [1.807, 2.05) is 30.3 Å². The minimum absolute atomic E-state index is 0.0684. The van der Waals surface area contributed by atoms with Gasteiger partial charge in [-0.2, -0.15) is 0 Å². The quantitative estimate of drug-likeness (QED) is 0.757. The van der Waals surface area contributed by atoms with Crippen LogP contribution in [0.15, 0.2) is 58.2 Å². The molecule has 0 aliphatic rings. The van der Waals surface area contributed by atoms with Gasteiger partial charge < -0.3 is 9.73 Å². The van der Waals surface area contributed by atoms with Gasteiger partial charge in [-0.1, -0.05) is 30.3 Å². The van der Waals surface area contributed by atoms with Crippen LogP contribution in [-0.4, -0.2) is 20.9 Å². The van der Waals surface area contributed by atoms with Crippen LogP contribution in [-0.2, 0) is 6.54 Å². The molecule has 3 rings (SSSR count). The number of aromatic nitrogens is 3. The number of benzene rings is 1. The lowest BCUT2D eigenvalue weighted by molar-refractivity contribution is 0.0945. The second kappa shape index (κ2) is 6.04. The predicted octanol–water partition coefficient (Wildman–Crippen LogP) is 1.35. The lowest BCUT2D eigenvalue weighted by atomic mass is 10.2. The molecule has 0 bridgehead atoms. The summed E-state index contributed by atoms with van der Waals surface area (Å²) in [5, 5.41) is 2.62. The molecule has 2 heterocycles. The molecule has 0 fully saturated rings. The van der Waals surface area contributed by atoms with Crippen LogP contribution in [0.4, 0.5) is 0 Å². The van der Waals surface area contributed by atoms with Gasteiger partial charge in [-0.15, -0.1) is 0 Å². The topological polar surface area (TPSA) is 101 Å². The van der Waals surface area contributed by atoms with Crippen LogP contribution in [0.1, 0.15) is 16.2 Å². The lowest BCUT2D eigenvalue weighted by Crippen LogP contribution is -2.24. The van der Waals surface area contributed by atoms with Gasteiger partial charge in [-0.3, -0.25) is 19.7 Å². The largest absolute Gasteiger partial charge is 0.416 e. The van der Waals surface area contributed by atoms with Crippen molar-refractivity contribution in [2.24, 2.45) is 0 Å². The molecule has 2 aromatic heterocycles. The van der Waals surface area contributed by atoms with Crippen LogP contribution in [0.25, 0.3) is 11.3 Å². The third-order valence-corrected chi connectivity index (χ3v) is 2.97. The van der Waals surface area contributed by atoms with E-state index < -0.39 is 11.7 Å². The Labute approximate surface area is 125 Å². The van der Waals surface area contributed by atoms with Crippen molar-refractivity contribution in [3.8, 4) is 11.3 Å². The fourth-order valence-electron chi connectivity index (χ4n) is 1.86. The summed E-state index contributed by atoms with van der Waals surface area (Å²) >= 11 is 0. The summed E-state index contributed by atoms with van der Waals surface area (Å²) in [6.45, 7) is 0.202. The highest BCUT2D eigenvalue weighted by molar-refractivity contribution is 5.91. The maximum absolute atomic E-state index is 11.7. The minimum Gasteiger partial charge on any atom is -0.416 e. The number of aromatic amines is 1. The zero-order chi connectivity index (χ0) is 15.4. The highest BCUT2D eigenvalue weighted by Crippen LogP contribution is 2.14. The standard InChI is InChI=1S/C15H12N4O3/c20-14(13-9-22-15(21)19-13)18-7-11-6-17-12(8-16-11)10-4-2-1-3-5-10/h1-6,8-9H,7H2,(H,18,20)(H,19,21). The molecule has 0 saturated carbocycles. The monoisotopic (exact) mass is 296 g/mol. The fourth-order valence-corrected chi connectivity index (χ4v) is 1.86. The van der Waals surface area contributed by atoms with E-state index in [-0.39, 0.29) is 12.2 Å². The van der Waals surface area contributed by atoms with E-state index in [1.165, 1.54) is 0 Å². The lowest BCUT2D eigenvalue weighted by Gasteiger charge is -2.04. The number of rotatable bonds is 4. The SMILES string of the molecule is O=C(NCc1cnc(-c2ccccc2)cn1)c1coc(=O)[nH]1. The van der Waals surface area contributed by atoms with E-state index in [2.05, 4.69) is 24.7 Å². The molecule has 7 heteroatoms. The normalized spacial score (nSPS) is 10.4. The summed E-state index contributed by atoms with van der Waals surface area (Å²) in [6, 6.07) is 9.68. The number of hydrogen-bond donors (Lipinski definition) is 2. The number of hydrogen-bond acceptors (Lipinski definition) is 5. The maximum atomic E-state index is 11.7. The van der Waals surface area contributed by atoms with Crippen LogP contribution < -0.4 is 11.1 Å². The molecule has 0 atom stereocenters. The Bertz CT molecular complexity index is 822. The van der Waals surface area contributed by atoms with Gasteiger partial charge in [0.2, 0.25) is 0 Å². The van der Waals surface area contributed by atoms with Gasteiger partial charge in [0.25, 0.3) is 5.91 Å². The maximum Gasteiger partial charge on any atom is 0.416 e. The molecule has 0 aliphatic carbocycles. The average molecular weight is 296 g/mol. The molecule has 7 nitrogen and oxygen atoms in total. The Morgan fingerprint density at radius 1 is 1.18 bits per heavy atom. The molecule has 110 valence electrons. The van der Waals surface area contributed by atoms with Crippen molar-refractivity contribution in [1.82, 2.24) is 20.3 Å². The van der Waals surface area contributed by atoms with E-state index in [1.54, 1.807) is 12.4 Å². The van der Waals surface area contributed by atoms with Gasteiger partial charge in [0, 0.05) is 5.56 Å². The summed E-state index contributed by atoms with van der Waals surface area (Å²) in [4.78, 5) is 33.4. The molecule has 1 amide bonds. The van der Waals surface area contributed by atoms with Gasteiger partial charge in [-0.05, 0) is 0 Å². The number of oxazole rings is 1. The first kappa shape index (κ1) is 13.7. The summed E-state index contributed by atoms with van der Waals surface area (Å²) in [6.07, 6.45) is 4.32. The van der Waals surface area contributed by atoms with Crippen molar-refractivity contribution >= 4 is 5.91 Å². The summed E-state index contributed by atoms with van der Waals surface area (Å²) in [5.74, 6) is -1.11. The molecule has 0 unspecified atom stereocenters. The second-order valence-corrected chi connectivity index (χ2v) is 4.50. The molecular formula is C15H12N4O3. The Hall–Kier alpha value is -3.22. The highest BCUT2D eigenvalue weighted by Gasteiger charge is 2.09. The van der Waals surface area contributed by atoms with Gasteiger partial charge >= 0.3 is 5.76 Å². The van der Waals surface area contributed by atoms with Gasteiger partial charge in [0.15, 0.2) is 0 Å². The first-order valence-corrected chi connectivity index (χ1v) is 6.55. The van der Waals surface area contributed by atoms with Crippen LogP contribution in [0.3, 0.4) is 0 Å². The third-order valence-electron chi connectivity index (χ3n) is 2.97. The first-order chi connectivity index (χ1) is 10.7. The molecule has 0 saturated heterocycles. The number of nitrogens with zero attached hydrogens (tertiary/aromatic N) is 2. The molecule has 3 aromatic rings. The number of nitrogens with one attached hydrogen (secondary N) is 2. The van der Waals surface area contributed by atoms with Gasteiger partial charge in [0.1, 0.15) is 12.0 Å². The highest BCUT2D eigenvalue weighted by atomic mass is 16.4. The summed E-state index contributed by atoms with van der Waals surface area (Å²) in [7, 11) is 0. The minimum atomic E-state index is -0.669. The fraction of sp³-hybridized carbons (Fsp3) is 0.0667. The molecule has 0 aliphatic heterocycles. The van der Waals surface area contributed by atoms with Crippen molar-refractivity contribution < 1.29 is 9.21 Å². The molecule has 22 heavy (non-hydrogen) atoms. The van der Waals surface area contributed by atoms with Crippen LogP contribution in [0.5, 0.6) is 0 Å². The number of carbonyl (C=O) groups is 1. The molecule has 0 spiro atoms. The molecular weight excluding hydrogens is 284 g/mol. The zero-order valence-corrected chi connectivity index (χ0v) is 11.4. The van der Waals surface area contributed by atoms with E-state index in [0.29, 0.717) is 5.69 Å². The van der Waals surface area contributed by atoms with Crippen LogP contribution in [0, 0.1) is 0 Å². The summed E-state index contributed by atoms with van der Waals surface area (Å²) < 4.78 is 4.50. The Morgan fingerprint density at radius 3 is 2.64 bits per heavy atom. The second-order valence-electron chi connectivity index (χ2n) is 4.50. The van der Waals surface area contributed by atoms with Gasteiger partial charge in [0.05, 0.1) is 30.3 Å². The zero-order valence-electron chi connectivity index (χ0n) is 11.4. The van der Waals surface area contributed by atoms with Gasteiger partial charge in [-0.25, -0.2) is 4.79 Å². The average Bonchev–Trinajstić information content (AvgIpc) is 3.00. The van der Waals surface area contributed by atoms with Crippen molar-refractivity contribution in [2.75, 3.05) is 0 Å². The van der Waals surface area contributed by atoms with E-state index in [4.69, 9.17) is 0 Å². The first-order valence-electron chi connectivity index (χ1n) is 6.55.